The van der Waals surface area contributed by atoms with E-state index in [1.54, 1.807) is 24.3 Å². The minimum atomic E-state index is 0.0267. The normalized spacial score (nSPS) is 12.8. The predicted molar refractivity (Wildman–Crippen MR) is 74.5 cm³/mol. The molecule has 0 bridgehead atoms. The van der Waals surface area contributed by atoms with Crippen molar-refractivity contribution in [2.45, 2.75) is 34.1 Å². The molecule has 1 unspecified atom stereocenters. The van der Waals surface area contributed by atoms with E-state index in [0.29, 0.717) is 11.8 Å². The van der Waals surface area contributed by atoms with Gasteiger partial charge in [-0.15, -0.1) is 0 Å². The molecule has 3 nitrogen and oxygen atoms in total. The highest BCUT2D eigenvalue weighted by Gasteiger charge is 2.23. The lowest BCUT2D eigenvalue weighted by atomic mass is 9.87. The summed E-state index contributed by atoms with van der Waals surface area (Å²) < 4.78 is 0. The average molecular weight is 249 g/mol. The zero-order valence-corrected chi connectivity index (χ0v) is 11.6. The Morgan fingerprint density at radius 1 is 1.17 bits per heavy atom. The molecule has 0 aliphatic carbocycles. The molecule has 0 saturated carbocycles. The Bertz CT molecular complexity index is 382. The summed E-state index contributed by atoms with van der Waals surface area (Å²) in [7, 11) is 0. The van der Waals surface area contributed by atoms with E-state index >= 15 is 0 Å². The Balaban J connectivity index is 2.69. The van der Waals surface area contributed by atoms with Gasteiger partial charge in [0.15, 0.2) is 0 Å². The van der Waals surface area contributed by atoms with Crippen LogP contribution in [0.25, 0.3) is 0 Å². The lowest BCUT2D eigenvalue weighted by molar-refractivity contribution is -0.121. The van der Waals surface area contributed by atoms with Gasteiger partial charge in [-0.1, -0.05) is 27.7 Å². The van der Waals surface area contributed by atoms with Crippen molar-refractivity contribution in [2.24, 2.45) is 17.8 Å². The molecule has 2 N–H and O–H groups in total. The van der Waals surface area contributed by atoms with Crippen LogP contribution in [0, 0.1) is 17.8 Å². The molecule has 0 aliphatic rings. The Labute approximate surface area is 109 Å². The van der Waals surface area contributed by atoms with Crippen LogP contribution in [0.1, 0.15) is 34.1 Å². The first-order valence-electron chi connectivity index (χ1n) is 6.50. The summed E-state index contributed by atoms with van der Waals surface area (Å²) in [4.78, 5) is 12.2. The zero-order chi connectivity index (χ0) is 13.7. The number of amides is 1. The number of hydrogen-bond acceptors (Lipinski definition) is 2. The van der Waals surface area contributed by atoms with Crippen molar-refractivity contribution in [1.82, 2.24) is 0 Å². The van der Waals surface area contributed by atoms with E-state index in [-0.39, 0.29) is 17.6 Å². The molecule has 1 aromatic carbocycles. The van der Waals surface area contributed by atoms with E-state index in [1.165, 1.54) is 0 Å². The van der Waals surface area contributed by atoms with Gasteiger partial charge in [-0.2, -0.15) is 0 Å². The number of rotatable bonds is 5. The number of carbonyl (C=O) groups excluding carboxylic acids is 1. The number of phenolic OH excluding ortho intramolecular Hbond substituents is 1. The molecular weight excluding hydrogens is 226 g/mol. The van der Waals surface area contributed by atoms with Gasteiger partial charge >= 0.3 is 0 Å². The molecule has 3 heteroatoms. The van der Waals surface area contributed by atoms with E-state index in [4.69, 9.17) is 0 Å². The van der Waals surface area contributed by atoms with Crippen molar-refractivity contribution in [3.63, 3.8) is 0 Å². The van der Waals surface area contributed by atoms with Gasteiger partial charge in [-0.3, -0.25) is 4.79 Å². The number of hydrogen-bond donors (Lipinski definition) is 2. The maximum absolute atomic E-state index is 12.2. The molecule has 0 heterocycles. The van der Waals surface area contributed by atoms with Crippen LogP contribution < -0.4 is 5.32 Å². The van der Waals surface area contributed by atoms with Gasteiger partial charge in [-0.25, -0.2) is 0 Å². The number of anilines is 1. The highest BCUT2D eigenvalue weighted by Crippen LogP contribution is 2.22. The largest absolute Gasteiger partial charge is 0.508 e. The number of benzene rings is 1. The minimum Gasteiger partial charge on any atom is -0.508 e. The van der Waals surface area contributed by atoms with Crippen LogP contribution in [0.2, 0.25) is 0 Å². The molecule has 0 aliphatic heterocycles. The van der Waals surface area contributed by atoms with Crippen molar-refractivity contribution in [1.29, 1.82) is 0 Å². The van der Waals surface area contributed by atoms with E-state index in [2.05, 4.69) is 33.0 Å². The van der Waals surface area contributed by atoms with Crippen LogP contribution in [-0.4, -0.2) is 11.0 Å². The van der Waals surface area contributed by atoms with Gasteiger partial charge in [0.25, 0.3) is 0 Å². The Kier molecular flexibility index (Phi) is 5.20. The fraction of sp³-hybridized carbons (Fsp3) is 0.533. The molecule has 0 aromatic heterocycles. The standard InChI is InChI=1S/C15H23NO2/c1-10(2)9-14(11(3)4)15(18)16-12-5-7-13(17)8-6-12/h5-8,10-11,14,17H,9H2,1-4H3,(H,16,18). The first-order valence-corrected chi connectivity index (χ1v) is 6.50. The third-order valence-electron chi connectivity index (χ3n) is 3.00. The van der Waals surface area contributed by atoms with Gasteiger partial charge in [0.1, 0.15) is 5.75 Å². The molecule has 0 radical (unpaired) electrons. The minimum absolute atomic E-state index is 0.0267. The van der Waals surface area contributed by atoms with Crippen molar-refractivity contribution in [3.8, 4) is 5.75 Å². The summed E-state index contributed by atoms with van der Waals surface area (Å²) in [6.45, 7) is 8.40. The van der Waals surface area contributed by atoms with Crippen LogP contribution in [-0.2, 0) is 4.79 Å². The molecule has 18 heavy (non-hydrogen) atoms. The van der Waals surface area contributed by atoms with Crippen molar-refractivity contribution in [3.05, 3.63) is 24.3 Å². The second-order valence-corrected chi connectivity index (χ2v) is 5.52. The SMILES string of the molecule is CC(C)CC(C(=O)Nc1ccc(O)cc1)C(C)C. The summed E-state index contributed by atoms with van der Waals surface area (Å²) >= 11 is 0. The van der Waals surface area contributed by atoms with Crippen LogP contribution in [0.5, 0.6) is 5.75 Å². The van der Waals surface area contributed by atoms with Gasteiger partial charge in [0.2, 0.25) is 5.91 Å². The lowest BCUT2D eigenvalue weighted by Crippen LogP contribution is -2.28. The number of carbonyl (C=O) groups is 1. The molecule has 1 amide bonds. The third-order valence-corrected chi connectivity index (χ3v) is 3.00. The van der Waals surface area contributed by atoms with Gasteiger partial charge in [-0.05, 0) is 42.5 Å². The number of phenols is 1. The Hall–Kier alpha value is -1.51. The average Bonchev–Trinajstić information content (AvgIpc) is 2.28. The molecule has 1 rings (SSSR count). The van der Waals surface area contributed by atoms with E-state index < -0.39 is 0 Å². The van der Waals surface area contributed by atoms with Crippen LogP contribution >= 0.6 is 0 Å². The Morgan fingerprint density at radius 3 is 2.17 bits per heavy atom. The summed E-state index contributed by atoms with van der Waals surface area (Å²) in [5.74, 6) is 1.12. The molecule has 1 atom stereocenters. The van der Waals surface area contributed by atoms with Crippen molar-refractivity contribution in [2.75, 3.05) is 5.32 Å². The first-order chi connectivity index (χ1) is 8.40. The van der Waals surface area contributed by atoms with E-state index in [0.717, 1.165) is 12.1 Å². The summed E-state index contributed by atoms with van der Waals surface area (Å²) in [6, 6.07) is 6.56. The van der Waals surface area contributed by atoms with E-state index in [1.807, 2.05) is 0 Å². The number of aromatic hydroxyl groups is 1. The van der Waals surface area contributed by atoms with Crippen molar-refractivity contribution < 1.29 is 9.90 Å². The predicted octanol–water partition coefficient (Wildman–Crippen LogP) is 3.65. The molecular formula is C15H23NO2. The molecule has 1 aromatic rings. The molecule has 100 valence electrons. The van der Waals surface area contributed by atoms with Gasteiger partial charge in [0.05, 0.1) is 0 Å². The van der Waals surface area contributed by atoms with Crippen LogP contribution in [0.4, 0.5) is 5.69 Å². The maximum Gasteiger partial charge on any atom is 0.227 e. The highest BCUT2D eigenvalue weighted by atomic mass is 16.3. The summed E-state index contributed by atoms with van der Waals surface area (Å²) in [6.07, 6.45) is 0.890. The zero-order valence-electron chi connectivity index (χ0n) is 11.6. The molecule has 0 saturated heterocycles. The Morgan fingerprint density at radius 2 is 1.72 bits per heavy atom. The lowest BCUT2D eigenvalue weighted by Gasteiger charge is -2.22. The van der Waals surface area contributed by atoms with Gasteiger partial charge in [0, 0.05) is 11.6 Å². The van der Waals surface area contributed by atoms with E-state index in [9.17, 15) is 9.90 Å². The summed E-state index contributed by atoms with van der Waals surface area (Å²) in [5, 5.41) is 12.1. The molecule has 0 fully saturated rings. The molecule has 0 spiro atoms. The van der Waals surface area contributed by atoms with Gasteiger partial charge < -0.3 is 10.4 Å². The second kappa shape index (κ2) is 6.43. The monoisotopic (exact) mass is 249 g/mol. The topological polar surface area (TPSA) is 49.3 Å². The van der Waals surface area contributed by atoms with Crippen LogP contribution in [0.3, 0.4) is 0 Å². The smallest absolute Gasteiger partial charge is 0.227 e. The second-order valence-electron chi connectivity index (χ2n) is 5.52. The number of nitrogens with one attached hydrogen (secondary N) is 1. The van der Waals surface area contributed by atoms with Crippen molar-refractivity contribution >= 4 is 11.6 Å². The highest BCUT2D eigenvalue weighted by molar-refractivity contribution is 5.92. The third kappa shape index (κ3) is 4.40. The quantitative estimate of drug-likeness (QED) is 0.782. The fourth-order valence-electron chi connectivity index (χ4n) is 1.97. The summed E-state index contributed by atoms with van der Waals surface area (Å²) in [5.41, 5.74) is 0.729. The first kappa shape index (κ1) is 14.6. The fourth-order valence-corrected chi connectivity index (χ4v) is 1.97. The van der Waals surface area contributed by atoms with Crippen LogP contribution in [0.15, 0.2) is 24.3 Å². The maximum atomic E-state index is 12.2.